The van der Waals surface area contributed by atoms with Gasteiger partial charge in [0, 0.05) is 15.6 Å². The molecule has 0 aromatic heterocycles. The maximum atomic E-state index is 12.6. The third-order valence-corrected chi connectivity index (χ3v) is 5.46. The summed E-state index contributed by atoms with van der Waals surface area (Å²) in [5, 5.41) is 6.46. The molecular weight excluding hydrogens is 554 g/mol. The molecule has 10 heteroatoms. The number of ether oxygens (including phenoxy) is 3. The van der Waals surface area contributed by atoms with E-state index in [0.29, 0.717) is 41.4 Å². The van der Waals surface area contributed by atoms with Gasteiger partial charge in [0.05, 0.1) is 31.5 Å². The predicted molar refractivity (Wildman–Crippen MR) is 147 cm³/mol. The average Bonchev–Trinajstić information content (AvgIpc) is 2.92. The summed E-state index contributed by atoms with van der Waals surface area (Å²) in [6, 6.07) is 18.3. The standard InChI is InChI=1S/C28H28BrN3O6/c1-3-15-37-24-10-5-19(6-11-24)27(34)30-18-26(33)32-31-17-21-16-22(29)9-14-25(21)38-28(35)20-7-12-23(13-8-20)36-4-2/h5-14,16-17H,3-4,15,18H2,1-2H3,(H,30,34)(H,32,33)/b31-17-. The lowest BCUT2D eigenvalue weighted by molar-refractivity contribution is -0.120. The van der Waals surface area contributed by atoms with Crippen molar-refractivity contribution < 1.29 is 28.6 Å². The highest BCUT2D eigenvalue weighted by atomic mass is 79.9. The largest absolute Gasteiger partial charge is 0.494 e. The second-order valence-corrected chi connectivity index (χ2v) is 8.79. The summed E-state index contributed by atoms with van der Waals surface area (Å²) in [7, 11) is 0. The molecule has 3 aromatic carbocycles. The molecule has 0 aliphatic heterocycles. The molecule has 38 heavy (non-hydrogen) atoms. The van der Waals surface area contributed by atoms with Gasteiger partial charge in [0.1, 0.15) is 17.2 Å². The van der Waals surface area contributed by atoms with Crippen LogP contribution in [-0.4, -0.2) is 43.8 Å². The number of benzene rings is 3. The Balaban J connectivity index is 1.54. The molecule has 0 atom stereocenters. The Morgan fingerprint density at radius 2 is 1.55 bits per heavy atom. The van der Waals surface area contributed by atoms with Crippen molar-refractivity contribution in [1.29, 1.82) is 0 Å². The van der Waals surface area contributed by atoms with Crippen LogP contribution in [0.4, 0.5) is 0 Å². The number of amides is 2. The number of nitrogens with zero attached hydrogens (tertiary/aromatic N) is 1. The Bertz CT molecular complexity index is 1280. The third kappa shape index (κ3) is 8.74. The predicted octanol–water partition coefficient (Wildman–Crippen LogP) is 4.74. The lowest BCUT2D eigenvalue weighted by Gasteiger charge is -2.09. The lowest BCUT2D eigenvalue weighted by atomic mass is 10.2. The molecule has 3 rings (SSSR count). The van der Waals surface area contributed by atoms with Crippen molar-refractivity contribution in [3.63, 3.8) is 0 Å². The summed E-state index contributed by atoms with van der Waals surface area (Å²) in [4.78, 5) is 37.1. The van der Waals surface area contributed by atoms with Gasteiger partial charge >= 0.3 is 5.97 Å². The number of hydrogen-bond donors (Lipinski definition) is 2. The highest BCUT2D eigenvalue weighted by molar-refractivity contribution is 9.10. The van der Waals surface area contributed by atoms with Crippen molar-refractivity contribution in [2.24, 2.45) is 5.10 Å². The minimum absolute atomic E-state index is 0.254. The SMILES string of the molecule is CCCOc1ccc(C(=O)NCC(=O)N/N=C\c2cc(Br)ccc2OC(=O)c2ccc(OCC)cc2)cc1. The number of carbonyl (C=O) groups is 3. The first-order valence-electron chi connectivity index (χ1n) is 12.0. The highest BCUT2D eigenvalue weighted by Gasteiger charge is 2.12. The van der Waals surface area contributed by atoms with E-state index >= 15 is 0 Å². The minimum Gasteiger partial charge on any atom is -0.494 e. The Hall–Kier alpha value is -4.18. The van der Waals surface area contributed by atoms with Crippen LogP contribution in [-0.2, 0) is 4.79 Å². The monoisotopic (exact) mass is 581 g/mol. The first-order chi connectivity index (χ1) is 18.4. The van der Waals surface area contributed by atoms with Gasteiger partial charge in [-0.3, -0.25) is 9.59 Å². The van der Waals surface area contributed by atoms with Crippen molar-refractivity contribution in [2.45, 2.75) is 20.3 Å². The quantitative estimate of drug-likeness (QED) is 0.138. The molecule has 0 radical (unpaired) electrons. The van der Waals surface area contributed by atoms with E-state index in [2.05, 4.69) is 31.8 Å². The normalized spacial score (nSPS) is 10.6. The smallest absolute Gasteiger partial charge is 0.343 e. The van der Waals surface area contributed by atoms with Crippen LogP contribution in [0.3, 0.4) is 0 Å². The lowest BCUT2D eigenvalue weighted by Crippen LogP contribution is -2.34. The van der Waals surface area contributed by atoms with Gasteiger partial charge < -0.3 is 19.5 Å². The van der Waals surface area contributed by atoms with E-state index in [-0.39, 0.29) is 12.3 Å². The third-order valence-electron chi connectivity index (χ3n) is 4.97. The van der Waals surface area contributed by atoms with E-state index in [0.717, 1.165) is 10.9 Å². The Morgan fingerprint density at radius 3 is 2.21 bits per heavy atom. The fourth-order valence-corrected chi connectivity index (χ4v) is 3.50. The molecule has 3 aromatic rings. The Labute approximate surface area is 229 Å². The van der Waals surface area contributed by atoms with Crippen LogP contribution in [0.1, 0.15) is 46.5 Å². The average molecular weight is 582 g/mol. The molecule has 0 heterocycles. The summed E-state index contributed by atoms with van der Waals surface area (Å²) in [6.07, 6.45) is 2.23. The molecule has 2 N–H and O–H groups in total. The Kier molecular flexibility index (Phi) is 10.9. The van der Waals surface area contributed by atoms with Gasteiger partial charge in [-0.25, -0.2) is 10.2 Å². The fraction of sp³-hybridized carbons (Fsp3) is 0.214. The topological polar surface area (TPSA) is 115 Å². The number of nitrogens with one attached hydrogen (secondary N) is 2. The molecular formula is C28H28BrN3O6. The summed E-state index contributed by atoms with van der Waals surface area (Å²) in [6.45, 7) is 4.73. The first-order valence-corrected chi connectivity index (χ1v) is 12.8. The number of esters is 1. The number of rotatable bonds is 12. The molecule has 0 aliphatic rings. The van der Waals surface area contributed by atoms with E-state index in [4.69, 9.17) is 14.2 Å². The van der Waals surface area contributed by atoms with Crippen LogP contribution >= 0.6 is 15.9 Å². The van der Waals surface area contributed by atoms with Crippen LogP contribution in [0.15, 0.2) is 76.3 Å². The zero-order chi connectivity index (χ0) is 27.3. The second-order valence-electron chi connectivity index (χ2n) is 7.88. The molecule has 0 bridgehead atoms. The second kappa shape index (κ2) is 14.5. The van der Waals surface area contributed by atoms with Gasteiger partial charge in [0.25, 0.3) is 11.8 Å². The van der Waals surface area contributed by atoms with Gasteiger partial charge in [-0.05, 0) is 80.1 Å². The van der Waals surface area contributed by atoms with Crippen LogP contribution in [0.25, 0.3) is 0 Å². The van der Waals surface area contributed by atoms with Crippen molar-refractivity contribution in [2.75, 3.05) is 19.8 Å². The van der Waals surface area contributed by atoms with Gasteiger partial charge in [-0.2, -0.15) is 5.10 Å². The van der Waals surface area contributed by atoms with Gasteiger partial charge in [-0.1, -0.05) is 22.9 Å². The first kappa shape index (κ1) is 28.4. The zero-order valence-corrected chi connectivity index (χ0v) is 22.6. The van der Waals surface area contributed by atoms with Crippen LogP contribution in [0, 0.1) is 0 Å². The maximum Gasteiger partial charge on any atom is 0.343 e. The van der Waals surface area contributed by atoms with Crippen LogP contribution < -0.4 is 25.0 Å². The number of halogens is 1. The molecule has 0 fully saturated rings. The molecule has 9 nitrogen and oxygen atoms in total. The molecule has 0 spiro atoms. The summed E-state index contributed by atoms with van der Waals surface area (Å²) >= 11 is 3.37. The van der Waals surface area contributed by atoms with E-state index in [1.807, 2.05) is 13.8 Å². The van der Waals surface area contributed by atoms with E-state index in [1.54, 1.807) is 66.7 Å². The van der Waals surface area contributed by atoms with E-state index in [1.165, 1.54) is 6.21 Å². The van der Waals surface area contributed by atoms with Crippen molar-refractivity contribution >= 4 is 39.9 Å². The fourth-order valence-electron chi connectivity index (χ4n) is 3.12. The van der Waals surface area contributed by atoms with Gasteiger partial charge in [-0.15, -0.1) is 0 Å². The molecule has 0 unspecified atom stereocenters. The summed E-state index contributed by atoms with van der Waals surface area (Å²) < 4.78 is 17.1. The van der Waals surface area contributed by atoms with Crippen LogP contribution in [0.2, 0.25) is 0 Å². The zero-order valence-electron chi connectivity index (χ0n) is 21.0. The molecule has 0 saturated carbocycles. The minimum atomic E-state index is -0.554. The highest BCUT2D eigenvalue weighted by Crippen LogP contribution is 2.23. The number of hydrazone groups is 1. The summed E-state index contributed by atoms with van der Waals surface area (Å²) in [5.41, 5.74) is 3.55. The maximum absolute atomic E-state index is 12.6. The van der Waals surface area contributed by atoms with Crippen molar-refractivity contribution in [3.05, 3.63) is 87.9 Å². The van der Waals surface area contributed by atoms with Gasteiger partial charge in [0.15, 0.2) is 0 Å². The molecule has 198 valence electrons. The molecule has 0 saturated heterocycles. The van der Waals surface area contributed by atoms with E-state index in [9.17, 15) is 14.4 Å². The molecule has 2 amide bonds. The van der Waals surface area contributed by atoms with Gasteiger partial charge in [0.2, 0.25) is 0 Å². The Morgan fingerprint density at radius 1 is 0.895 bits per heavy atom. The van der Waals surface area contributed by atoms with E-state index < -0.39 is 17.8 Å². The molecule has 0 aliphatic carbocycles. The number of carbonyl (C=O) groups excluding carboxylic acids is 3. The number of hydrogen-bond acceptors (Lipinski definition) is 7. The van der Waals surface area contributed by atoms with Crippen molar-refractivity contribution in [3.8, 4) is 17.2 Å². The van der Waals surface area contributed by atoms with Crippen molar-refractivity contribution in [1.82, 2.24) is 10.7 Å². The summed E-state index contributed by atoms with van der Waals surface area (Å²) in [5.74, 6) is 0.100. The van der Waals surface area contributed by atoms with Crippen LogP contribution in [0.5, 0.6) is 17.2 Å².